The maximum atomic E-state index is 13.2. The van der Waals surface area contributed by atoms with Crippen molar-refractivity contribution in [2.45, 2.75) is 97.1 Å². The molecular weight excluding hydrogens is 546 g/mol. The first-order chi connectivity index (χ1) is 20.4. The summed E-state index contributed by atoms with van der Waals surface area (Å²) >= 11 is 0. The van der Waals surface area contributed by atoms with Gasteiger partial charge in [0.25, 0.3) is 5.91 Å². The lowest BCUT2D eigenvalue weighted by Gasteiger charge is -2.35. The zero-order valence-corrected chi connectivity index (χ0v) is 26.3. The van der Waals surface area contributed by atoms with Gasteiger partial charge in [-0.2, -0.15) is 0 Å². The number of aromatic nitrogens is 1. The van der Waals surface area contributed by atoms with Gasteiger partial charge in [-0.1, -0.05) is 44.2 Å². The summed E-state index contributed by atoms with van der Waals surface area (Å²) in [5.74, 6) is -1.10. The van der Waals surface area contributed by atoms with Crippen LogP contribution in [0.5, 0.6) is 0 Å². The first-order valence-corrected chi connectivity index (χ1v) is 15.4. The second-order valence-electron chi connectivity index (χ2n) is 12.7. The first kappa shape index (κ1) is 32.6. The molecular formula is C33H47N5O5. The molecule has 3 heterocycles. The normalized spacial score (nSPS) is 28.9. The highest BCUT2D eigenvalue weighted by Crippen LogP contribution is 2.21. The lowest BCUT2D eigenvalue weighted by Crippen LogP contribution is -2.58. The summed E-state index contributed by atoms with van der Waals surface area (Å²) in [5, 5.41) is 9.12. The van der Waals surface area contributed by atoms with E-state index in [1.807, 2.05) is 89.0 Å². The van der Waals surface area contributed by atoms with Crippen LogP contribution < -0.4 is 16.1 Å². The predicted octanol–water partition coefficient (Wildman–Crippen LogP) is 4.06. The molecule has 2 aliphatic heterocycles. The fourth-order valence-electron chi connectivity index (χ4n) is 5.45. The van der Waals surface area contributed by atoms with Gasteiger partial charge in [-0.25, -0.2) is 10.4 Å². The molecule has 3 N–H and O–H groups in total. The molecule has 1 saturated heterocycles. The molecule has 1 unspecified atom stereocenters. The molecule has 2 aliphatic rings. The van der Waals surface area contributed by atoms with Crippen LogP contribution in [-0.4, -0.2) is 71.3 Å². The minimum absolute atomic E-state index is 0.0288. The number of fused-ring (bicyclic) bond motifs is 4. The quantitative estimate of drug-likeness (QED) is 0.424. The number of benzene rings is 1. The Labute approximate surface area is 254 Å². The minimum Gasteiger partial charge on any atom is -0.452 e. The molecule has 2 aromatic rings. The average molecular weight is 594 g/mol. The number of ether oxygens (including phenoxy) is 2. The van der Waals surface area contributed by atoms with Crippen LogP contribution >= 0.6 is 0 Å². The van der Waals surface area contributed by atoms with Crippen molar-refractivity contribution in [1.29, 1.82) is 0 Å². The third kappa shape index (κ3) is 9.32. The van der Waals surface area contributed by atoms with E-state index in [0.29, 0.717) is 26.0 Å². The number of carbonyl (C=O) groups is 3. The van der Waals surface area contributed by atoms with Crippen LogP contribution in [0.25, 0.3) is 17.0 Å². The van der Waals surface area contributed by atoms with Crippen molar-refractivity contribution in [2.75, 3.05) is 19.7 Å². The summed E-state index contributed by atoms with van der Waals surface area (Å²) in [6.45, 7) is 12.9. The summed E-state index contributed by atoms with van der Waals surface area (Å²) in [6, 6.07) is 9.21. The highest BCUT2D eigenvalue weighted by Gasteiger charge is 2.32. The number of nitrogens with one attached hydrogen (secondary N) is 3. The van der Waals surface area contributed by atoms with E-state index in [2.05, 4.69) is 16.1 Å². The van der Waals surface area contributed by atoms with Gasteiger partial charge in [-0.15, -0.1) is 0 Å². The molecule has 2 amide bonds. The fourth-order valence-corrected chi connectivity index (χ4v) is 5.45. The van der Waals surface area contributed by atoms with Crippen molar-refractivity contribution in [1.82, 2.24) is 26.1 Å². The molecule has 0 spiro atoms. The van der Waals surface area contributed by atoms with Gasteiger partial charge >= 0.3 is 5.97 Å². The maximum absolute atomic E-state index is 13.2. The van der Waals surface area contributed by atoms with Gasteiger partial charge in [0, 0.05) is 24.5 Å². The SMILES string of the molecule is CC(C)[C@@H]1OC(=O)CC(C)(C)OCC/C=C/c2ccc3ccc(nc3c2)[C@@H](C)NC(=O)[C@@H]2CCCN(C[C@H](C)NC1=O)N2. The average Bonchev–Trinajstić information content (AvgIpc) is 2.94. The van der Waals surface area contributed by atoms with Crippen molar-refractivity contribution in [3.8, 4) is 0 Å². The zero-order valence-electron chi connectivity index (χ0n) is 26.3. The molecule has 1 aromatic heterocycles. The predicted molar refractivity (Wildman–Crippen MR) is 167 cm³/mol. The Morgan fingerprint density at radius 2 is 1.81 bits per heavy atom. The van der Waals surface area contributed by atoms with E-state index in [9.17, 15) is 14.4 Å². The van der Waals surface area contributed by atoms with Crippen molar-refractivity contribution in [3.63, 3.8) is 0 Å². The summed E-state index contributed by atoms with van der Waals surface area (Å²) in [7, 11) is 0. The number of hydrogen-bond acceptors (Lipinski definition) is 8. The Morgan fingerprint density at radius 3 is 2.58 bits per heavy atom. The standard InChI is InChI=1S/C33H47N5O5/c1-21(2)30-32(41)34-22(3)20-38-16-9-11-27(37-38)31(40)35-23(4)26-15-14-25-13-12-24(18-28(25)36-26)10-7-8-17-42-33(5,6)19-29(39)43-30/h7,10,12-15,18,21-23,27,30,37H,8-9,11,16-17,19-20H2,1-6H3,(H,34,41)(H,35,40)/b10-7+/t22-,23+,27-,30-/m0/s1. The van der Waals surface area contributed by atoms with Crippen molar-refractivity contribution < 1.29 is 23.9 Å². The van der Waals surface area contributed by atoms with Crippen molar-refractivity contribution in [2.24, 2.45) is 5.92 Å². The number of pyridine rings is 1. The molecule has 10 nitrogen and oxygen atoms in total. The number of nitrogens with zero attached hydrogens (tertiary/aromatic N) is 2. The van der Waals surface area contributed by atoms with Gasteiger partial charge in [0.1, 0.15) is 6.04 Å². The number of hydrogen-bond donors (Lipinski definition) is 3. The minimum atomic E-state index is -0.915. The molecule has 234 valence electrons. The molecule has 1 fully saturated rings. The maximum Gasteiger partial charge on any atom is 0.309 e. The van der Waals surface area contributed by atoms with Gasteiger partial charge in [0.05, 0.1) is 35.9 Å². The molecule has 10 heteroatoms. The third-order valence-electron chi connectivity index (χ3n) is 7.78. The Morgan fingerprint density at radius 1 is 1.05 bits per heavy atom. The van der Waals surface area contributed by atoms with Crippen molar-refractivity contribution in [3.05, 3.63) is 47.7 Å². The van der Waals surface area contributed by atoms with Crippen LogP contribution in [0.1, 0.15) is 84.5 Å². The van der Waals surface area contributed by atoms with E-state index in [0.717, 1.165) is 35.1 Å². The van der Waals surface area contributed by atoms with Crippen LogP contribution in [0.2, 0.25) is 0 Å². The number of carbonyl (C=O) groups excluding carboxylic acids is 3. The van der Waals surface area contributed by atoms with Gasteiger partial charge in [0.15, 0.2) is 6.10 Å². The summed E-state index contributed by atoms with van der Waals surface area (Å²) < 4.78 is 11.7. The van der Waals surface area contributed by atoms with Crippen LogP contribution in [0.4, 0.5) is 0 Å². The van der Waals surface area contributed by atoms with E-state index >= 15 is 0 Å². The highest BCUT2D eigenvalue weighted by atomic mass is 16.6. The Balaban J connectivity index is 1.54. The van der Waals surface area contributed by atoms with Gasteiger partial charge < -0.3 is 20.1 Å². The molecule has 43 heavy (non-hydrogen) atoms. The fraction of sp³-hybridized carbons (Fsp3) is 0.576. The van der Waals surface area contributed by atoms with Crippen LogP contribution in [0.3, 0.4) is 0 Å². The van der Waals surface area contributed by atoms with Crippen molar-refractivity contribution >= 4 is 34.8 Å². The van der Waals surface area contributed by atoms with E-state index < -0.39 is 17.7 Å². The Kier molecular flexibility index (Phi) is 10.9. The zero-order chi connectivity index (χ0) is 31.1. The third-order valence-corrected chi connectivity index (χ3v) is 7.78. The van der Waals surface area contributed by atoms with Crippen LogP contribution in [-0.2, 0) is 23.9 Å². The molecule has 0 aliphatic carbocycles. The largest absolute Gasteiger partial charge is 0.452 e. The number of amides is 2. The first-order valence-electron chi connectivity index (χ1n) is 15.4. The second-order valence-corrected chi connectivity index (χ2v) is 12.7. The summed E-state index contributed by atoms with van der Waals surface area (Å²) in [6.07, 6.45) is 5.39. The van der Waals surface area contributed by atoms with E-state index in [1.54, 1.807) is 0 Å². The molecule has 4 rings (SSSR count). The van der Waals surface area contributed by atoms with E-state index in [4.69, 9.17) is 14.5 Å². The van der Waals surface area contributed by atoms with Gasteiger partial charge in [-0.3, -0.25) is 19.4 Å². The smallest absolute Gasteiger partial charge is 0.309 e. The number of hydrazine groups is 1. The number of rotatable bonds is 1. The molecule has 5 atom stereocenters. The lowest BCUT2D eigenvalue weighted by atomic mass is 10.0. The molecule has 5 bridgehead atoms. The van der Waals surface area contributed by atoms with E-state index in [1.165, 1.54) is 0 Å². The lowest BCUT2D eigenvalue weighted by molar-refractivity contribution is -0.164. The monoisotopic (exact) mass is 593 g/mol. The topological polar surface area (TPSA) is 122 Å². The van der Waals surface area contributed by atoms with E-state index in [-0.39, 0.29) is 42.3 Å². The highest BCUT2D eigenvalue weighted by molar-refractivity contribution is 5.85. The number of esters is 1. The molecule has 0 saturated carbocycles. The van der Waals surface area contributed by atoms with Crippen LogP contribution in [0, 0.1) is 5.92 Å². The summed E-state index contributed by atoms with van der Waals surface area (Å²) in [5.41, 5.74) is 5.26. The summed E-state index contributed by atoms with van der Waals surface area (Å²) in [4.78, 5) is 44.1. The molecule has 1 aromatic carbocycles. The van der Waals surface area contributed by atoms with Gasteiger partial charge in [-0.05, 0) is 70.6 Å². The molecule has 0 radical (unpaired) electrons. The Bertz CT molecular complexity index is 1330. The second kappa shape index (κ2) is 14.4. The van der Waals surface area contributed by atoms with Crippen LogP contribution in [0.15, 0.2) is 36.4 Å². The Hall–Kier alpha value is -3.34. The number of cyclic esters (lactones) is 1. The van der Waals surface area contributed by atoms with Gasteiger partial charge in [0.2, 0.25) is 5.91 Å².